The molecule has 7 aromatic rings. The van der Waals surface area contributed by atoms with Crippen molar-refractivity contribution < 1.29 is 32.5 Å². The van der Waals surface area contributed by atoms with E-state index in [4.69, 9.17) is 24.7 Å². The second-order valence-corrected chi connectivity index (χ2v) is 20.1. The van der Waals surface area contributed by atoms with Crippen LogP contribution in [0.5, 0.6) is 17.2 Å². The normalized spacial score (nSPS) is 13.6. The van der Waals surface area contributed by atoms with Gasteiger partial charge < -0.3 is 39.5 Å². The predicted octanol–water partition coefficient (Wildman–Crippen LogP) is 10.4. The van der Waals surface area contributed by atoms with Gasteiger partial charge in [0.15, 0.2) is 23.1 Å². The number of nitrogens with zero attached hydrogens (tertiary/aromatic N) is 3. The number of benzene rings is 3. The maximum atomic E-state index is 15.7. The molecule has 0 saturated carbocycles. The molecule has 362 valence electrons. The molecule has 4 N–H and O–H groups in total. The van der Waals surface area contributed by atoms with E-state index in [9.17, 15) is 18.8 Å². The second-order valence-electron chi connectivity index (χ2n) is 20.1. The number of H-pyrrole nitrogens is 1. The Kier molecular flexibility index (Phi) is 15.2. The fraction of sp³-hybridized carbons (Fsp3) is 0.415. The Morgan fingerprint density at radius 1 is 0.765 bits per heavy atom. The van der Waals surface area contributed by atoms with Crippen LogP contribution < -0.4 is 36.4 Å². The molecule has 4 heterocycles. The number of ether oxygens (including phenoxy) is 4. The van der Waals surface area contributed by atoms with Crippen LogP contribution in [-0.4, -0.2) is 62.6 Å². The minimum Gasteiger partial charge on any atom is -0.497 e. The van der Waals surface area contributed by atoms with Gasteiger partial charge in [-0.3, -0.25) is 19.6 Å². The molecule has 0 aliphatic heterocycles. The number of rotatable bonds is 14. The third-order valence-corrected chi connectivity index (χ3v) is 11.3. The zero-order chi connectivity index (χ0) is 49.9. The molecule has 0 aliphatic carbocycles. The SMILES string of the molecule is COc1ccc(Cn2c(=O)c3c(C)nccc3c3cc(F)c(OCC(C)(CC(C)C)NC(=O)OC(C)(C)C)cc32)cc1.Cc1nccc2c1c(=O)[nH]c1cc(OCC(C)(N)CC(C)C)c(F)cc12. The van der Waals surface area contributed by atoms with Gasteiger partial charge in [0.1, 0.15) is 24.6 Å². The molecular formula is C53H64F2N6O7. The number of carbonyl (C=O) groups excluding carboxylic acids is 1. The number of hydrogen-bond acceptors (Lipinski definition) is 10. The number of aromatic nitrogens is 4. The summed E-state index contributed by atoms with van der Waals surface area (Å²) in [6.07, 6.45) is 3.99. The molecule has 0 aliphatic rings. The van der Waals surface area contributed by atoms with Gasteiger partial charge in [0.05, 0.1) is 52.4 Å². The predicted molar refractivity (Wildman–Crippen MR) is 265 cm³/mol. The van der Waals surface area contributed by atoms with Gasteiger partial charge in [-0.2, -0.15) is 0 Å². The van der Waals surface area contributed by atoms with Gasteiger partial charge in [-0.25, -0.2) is 13.6 Å². The monoisotopic (exact) mass is 934 g/mol. The highest BCUT2D eigenvalue weighted by Gasteiger charge is 2.32. The third kappa shape index (κ3) is 12.1. The average Bonchev–Trinajstić information content (AvgIpc) is 3.23. The van der Waals surface area contributed by atoms with Crippen molar-refractivity contribution in [3.63, 3.8) is 0 Å². The number of fused-ring (bicyclic) bond motifs is 6. The van der Waals surface area contributed by atoms with Crippen LogP contribution in [0.25, 0.3) is 43.4 Å². The summed E-state index contributed by atoms with van der Waals surface area (Å²) < 4.78 is 54.3. The zero-order valence-corrected chi connectivity index (χ0v) is 41.2. The number of nitrogens with one attached hydrogen (secondary N) is 2. The Bertz CT molecular complexity index is 3090. The van der Waals surface area contributed by atoms with Gasteiger partial charge in [-0.15, -0.1) is 0 Å². The van der Waals surface area contributed by atoms with Crippen molar-refractivity contribution in [1.29, 1.82) is 0 Å². The van der Waals surface area contributed by atoms with E-state index in [1.165, 1.54) is 18.2 Å². The highest BCUT2D eigenvalue weighted by Crippen LogP contribution is 2.33. The average molecular weight is 935 g/mol. The smallest absolute Gasteiger partial charge is 0.408 e. The number of pyridine rings is 4. The van der Waals surface area contributed by atoms with E-state index in [2.05, 4.69) is 34.1 Å². The Balaban J connectivity index is 0.000000250. The van der Waals surface area contributed by atoms with Crippen molar-refractivity contribution >= 4 is 49.4 Å². The molecular weight excluding hydrogens is 871 g/mol. The first-order valence-electron chi connectivity index (χ1n) is 22.8. The molecule has 15 heteroatoms. The highest BCUT2D eigenvalue weighted by atomic mass is 19.1. The largest absolute Gasteiger partial charge is 0.497 e. The van der Waals surface area contributed by atoms with Crippen LogP contribution >= 0.6 is 0 Å². The molecule has 1 amide bonds. The minimum absolute atomic E-state index is 0.00777. The number of aryl methyl sites for hydroxylation is 2. The van der Waals surface area contributed by atoms with Crippen molar-refractivity contribution in [2.24, 2.45) is 17.6 Å². The summed E-state index contributed by atoms with van der Waals surface area (Å²) in [6.45, 7) is 21.3. The van der Waals surface area contributed by atoms with E-state index in [1.54, 1.807) is 76.9 Å². The van der Waals surface area contributed by atoms with Crippen molar-refractivity contribution in [2.45, 2.75) is 112 Å². The van der Waals surface area contributed by atoms with E-state index in [1.807, 2.05) is 52.0 Å². The number of methoxy groups -OCH3 is 1. The lowest BCUT2D eigenvalue weighted by atomic mass is 9.91. The molecule has 68 heavy (non-hydrogen) atoms. The van der Waals surface area contributed by atoms with E-state index in [-0.39, 0.29) is 48.3 Å². The number of hydrogen-bond donors (Lipinski definition) is 3. The van der Waals surface area contributed by atoms with Crippen LogP contribution in [-0.2, 0) is 11.3 Å². The number of amides is 1. The Morgan fingerprint density at radius 3 is 1.91 bits per heavy atom. The molecule has 7 rings (SSSR count). The maximum absolute atomic E-state index is 15.7. The van der Waals surface area contributed by atoms with Crippen LogP contribution in [0.1, 0.15) is 92.1 Å². The van der Waals surface area contributed by atoms with Crippen LogP contribution in [0.3, 0.4) is 0 Å². The molecule has 0 saturated heterocycles. The van der Waals surface area contributed by atoms with Crippen molar-refractivity contribution in [1.82, 2.24) is 24.8 Å². The van der Waals surface area contributed by atoms with Crippen LogP contribution in [0.2, 0.25) is 0 Å². The Hall–Kier alpha value is -6.61. The first-order chi connectivity index (χ1) is 31.9. The summed E-state index contributed by atoms with van der Waals surface area (Å²) in [6, 6.07) is 16.8. The van der Waals surface area contributed by atoms with Gasteiger partial charge in [0.25, 0.3) is 11.1 Å². The Labute approximate surface area is 395 Å². The van der Waals surface area contributed by atoms with Crippen LogP contribution in [0, 0.1) is 37.3 Å². The molecule has 0 spiro atoms. The van der Waals surface area contributed by atoms with E-state index < -0.39 is 34.4 Å². The highest BCUT2D eigenvalue weighted by molar-refractivity contribution is 6.07. The number of halogens is 2. The topological polar surface area (TPSA) is 173 Å². The summed E-state index contributed by atoms with van der Waals surface area (Å²) in [5.74, 6) is 0.340. The lowest BCUT2D eigenvalue weighted by molar-refractivity contribution is 0.0406. The second kappa shape index (κ2) is 20.3. The van der Waals surface area contributed by atoms with Gasteiger partial charge in [0, 0.05) is 40.8 Å². The van der Waals surface area contributed by atoms with E-state index >= 15 is 4.39 Å². The lowest BCUT2D eigenvalue weighted by Crippen LogP contribution is -2.52. The van der Waals surface area contributed by atoms with Crippen molar-refractivity contribution in [2.75, 3.05) is 20.3 Å². The van der Waals surface area contributed by atoms with Crippen LogP contribution in [0.4, 0.5) is 13.6 Å². The first-order valence-corrected chi connectivity index (χ1v) is 22.8. The summed E-state index contributed by atoms with van der Waals surface area (Å²) in [7, 11) is 1.59. The number of aromatic amines is 1. The van der Waals surface area contributed by atoms with Crippen molar-refractivity contribution in [3.05, 3.63) is 122 Å². The number of alkyl carbamates (subject to hydrolysis) is 1. The van der Waals surface area contributed by atoms with Gasteiger partial charge in [0.2, 0.25) is 0 Å². The quantitative estimate of drug-likeness (QED) is 0.0891. The third-order valence-electron chi connectivity index (χ3n) is 11.3. The molecule has 0 bridgehead atoms. The fourth-order valence-electron chi connectivity index (χ4n) is 8.79. The molecule has 13 nitrogen and oxygen atoms in total. The number of nitrogens with two attached hydrogens (primary N) is 1. The first kappa shape index (κ1) is 50.8. The van der Waals surface area contributed by atoms with Crippen LogP contribution in [0.15, 0.2) is 82.6 Å². The fourth-order valence-corrected chi connectivity index (χ4v) is 8.79. The van der Waals surface area contributed by atoms with Gasteiger partial charge in [-0.1, -0.05) is 39.8 Å². The molecule has 4 aromatic heterocycles. The molecule has 0 fully saturated rings. The zero-order valence-electron chi connectivity index (χ0n) is 41.2. The molecule has 2 unspecified atom stereocenters. The minimum atomic E-state index is -0.840. The summed E-state index contributed by atoms with van der Waals surface area (Å²) >= 11 is 0. The summed E-state index contributed by atoms with van der Waals surface area (Å²) in [5, 5.41) is 6.32. The molecule has 2 atom stereocenters. The molecule has 0 radical (unpaired) electrons. The van der Waals surface area contributed by atoms with Gasteiger partial charge >= 0.3 is 6.09 Å². The Morgan fingerprint density at radius 2 is 1.32 bits per heavy atom. The van der Waals surface area contributed by atoms with E-state index in [0.29, 0.717) is 72.8 Å². The van der Waals surface area contributed by atoms with Crippen molar-refractivity contribution in [3.8, 4) is 17.2 Å². The number of carbonyl (C=O) groups is 1. The lowest BCUT2D eigenvalue weighted by Gasteiger charge is -2.33. The van der Waals surface area contributed by atoms with E-state index in [0.717, 1.165) is 12.0 Å². The van der Waals surface area contributed by atoms with Gasteiger partial charge in [-0.05, 0) is 126 Å². The summed E-state index contributed by atoms with van der Waals surface area (Å²) in [5.41, 5.74) is 6.78. The standard InChI is InChI=1S/C33H40FN3O5.C20H24FN3O2/c1-20(2)17-33(7,36-31(39)42-32(4,5)6)19-41-28-16-27-25(15-26(28)34)24-13-14-35-21(3)29(24)30(38)37(27)18-22-9-11-23(40-8)12-10-22;1-11(2)9-20(4,22)10-26-17-8-16-14(7-15(17)21)13-5-6-23-12(3)18(13)19(25)24-16/h9-16,20H,17-19H2,1-8H3,(H,36,39);5-8,11H,9-10,22H2,1-4H3,(H,24,25). The molecule has 3 aromatic carbocycles. The summed E-state index contributed by atoms with van der Waals surface area (Å²) in [4.78, 5) is 50.2. The maximum Gasteiger partial charge on any atom is 0.408 e.